The molecule has 8 heteroatoms. The Morgan fingerprint density at radius 1 is 1.14 bits per heavy atom. The van der Waals surface area contributed by atoms with Crippen LogP contribution in [0.1, 0.15) is 34.1 Å². The molecule has 0 saturated carbocycles. The maximum Gasteiger partial charge on any atom is 0.255 e. The largest absolute Gasteiger partial charge is 0.497 e. The number of carbonyl (C=O) groups is 1. The Morgan fingerprint density at radius 2 is 1.83 bits per heavy atom. The molecule has 2 aliphatic rings. The molecule has 4 rings (SSSR count). The first-order valence-electron chi connectivity index (χ1n) is 9.93. The Morgan fingerprint density at radius 3 is 2.48 bits per heavy atom. The van der Waals surface area contributed by atoms with Crippen molar-refractivity contribution in [2.24, 2.45) is 5.92 Å². The molecule has 1 saturated heterocycles. The van der Waals surface area contributed by atoms with Crippen LogP contribution in [-0.4, -0.2) is 56.8 Å². The Bertz CT molecular complexity index is 990. The molecule has 0 spiro atoms. The molecule has 0 radical (unpaired) electrons. The van der Waals surface area contributed by atoms with Crippen molar-refractivity contribution in [1.82, 2.24) is 9.21 Å². The summed E-state index contributed by atoms with van der Waals surface area (Å²) in [5, 5.41) is 1.99. The highest BCUT2D eigenvalue weighted by Crippen LogP contribution is 2.33. The zero-order valence-electron chi connectivity index (χ0n) is 16.8. The number of carbonyl (C=O) groups excluding carboxylic acids is 1. The van der Waals surface area contributed by atoms with Crippen LogP contribution < -0.4 is 4.74 Å². The standard InChI is InChI=1S/C21H26N2O4S2/c1-15-3-8-18-19(14-28-20(18)13-15)21(24)22-9-11-23(12-10-22)29(25,26)17-6-4-16(27-2)5-7-17/h4-7,14-15H,3,8-13H2,1-2H3. The molecule has 0 N–H and O–H groups in total. The zero-order chi connectivity index (χ0) is 20.6. The van der Waals surface area contributed by atoms with Gasteiger partial charge in [-0.15, -0.1) is 11.3 Å². The molecule has 1 unspecified atom stereocenters. The Kier molecular flexibility index (Phi) is 5.68. The normalized spacial score (nSPS) is 20.3. The Hall–Kier alpha value is -1.90. The summed E-state index contributed by atoms with van der Waals surface area (Å²) in [5.74, 6) is 1.34. The van der Waals surface area contributed by atoms with E-state index in [9.17, 15) is 13.2 Å². The van der Waals surface area contributed by atoms with E-state index >= 15 is 0 Å². The predicted molar refractivity (Wildman–Crippen MR) is 113 cm³/mol. The Labute approximate surface area is 176 Å². The summed E-state index contributed by atoms with van der Waals surface area (Å²) >= 11 is 1.69. The van der Waals surface area contributed by atoms with E-state index in [1.54, 1.807) is 47.6 Å². The van der Waals surface area contributed by atoms with Gasteiger partial charge in [0.25, 0.3) is 5.91 Å². The van der Waals surface area contributed by atoms with E-state index < -0.39 is 10.0 Å². The molecule has 0 bridgehead atoms. The SMILES string of the molecule is COc1ccc(S(=O)(=O)N2CCN(C(=O)c3csc4c3CCC(C)C4)CC2)cc1. The van der Waals surface area contributed by atoms with Gasteiger partial charge in [0, 0.05) is 36.4 Å². The van der Waals surface area contributed by atoms with E-state index in [0.29, 0.717) is 37.8 Å². The second-order valence-electron chi connectivity index (χ2n) is 7.77. The van der Waals surface area contributed by atoms with Crippen molar-refractivity contribution >= 4 is 27.3 Å². The lowest BCUT2D eigenvalue weighted by Gasteiger charge is -2.34. The molecule has 1 aromatic heterocycles. The summed E-state index contributed by atoms with van der Waals surface area (Å²) < 4.78 is 32.4. The van der Waals surface area contributed by atoms with E-state index in [4.69, 9.17) is 4.74 Å². The number of hydrogen-bond acceptors (Lipinski definition) is 5. The lowest BCUT2D eigenvalue weighted by Crippen LogP contribution is -2.50. The van der Waals surface area contributed by atoms with Crippen molar-refractivity contribution in [1.29, 1.82) is 0 Å². The molecule has 1 atom stereocenters. The van der Waals surface area contributed by atoms with Gasteiger partial charge >= 0.3 is 0 Å². The van der Waals surface area contributed by atoms with Crippen molar-refractivity contribution in [2.45, 2.75) is 31.1 Å². The summed E-state index contributed by atoms with van der Waals surface area (Å²) in [6.07, 6.45) is 3.14. The van der Waals surface area contributed by atoms with Crippen molar-refractivity contribution in [3.8, 4) is 5.75 Å². The third kappa shape index (κ3) is 3.93. The minimum atomic E-state index is -3.57. The van der Waals surface area contributed by atoms with Crippen LogP contribution in [0.25, 0.3) is 0 Å². The number of hydrogen-bond donors (Lipinski definition) is 0. The number of rotatable bonds is 4. The molecule has 29 heavy (non-hydrogen) atoms. The van der Waals surface area contributed by atoms with Gasteiger partial charge in [0.05, 0.1) is 17.6 Å². The molecular weight excluding hydrogens is 408 g/mol. The summed E-state index contributed by atoms with van der Waals surface area (Å²) in [7, 11) is -2.02. The molecule has 1 amide bonds. The maximum absolute atomic E-state index is 13.1. The van der Waals surface area contributed by atoms with E-state index in [-0.39, 0.29) is 10.8 Å². The van der Waals surface area contributed by atoms with Gasteiger partial charge in [-0.1, -0.05) is 6.92 Å². The number of methoxy groups -OCH3 is 1. The number of benzene rings is 1. The molecule has 1 aromatic carbocycles. The number of piperazine rings is 1. The van der Waals surface area contributed by atoms with Crippen LogP contribution in [-0.2, 0) is 22.9 Å². The van der Waals surface area contributed by atoms with Crippen LogP contribution in [0.3, 0.4) is 0 Å². The second-order valence-corrected chi connectivity index (χ2v) is 10.7. The van der Waals surface area contributed by atoms with E-state index in [2.05, 4.69) is 6.92 Å². The summed E-state index contributed by atoms with van der Waals surface area (Å²) in [4.78, 5) is 16.4. The molecule has 6 nitrogen and oxygen atoms in total. The van der Waals surface area contributed by atoms with E-state index in [1.165, 1.54) is 14.7 Å². The average molecular weight is 435 g/mol. The summed E-state index contributed by atoms with van der Waals surface area (Å²) in [6, 6.07) is 6.41. The molecule has 2 aromatic rings. The lowest BCUT2D eigenvalue weighted by molar-refractivity contribution is 0.0697. The average Bonchev–Trinajstić information content (AvgIpc) is 3.16. The second kappa shape index (κ2) is 8.08. The molecular formula is C21H26N2O4S2. The van der Waals surface area contributed by atoms with Gasteiger partial charge in [0.15, 0.2) is 0 Å². The van der Waals surface area contributed by atoms with Crippen molar-refractivity contribution in [3.63, 3.8) is 0 Å². The van der Waals surface area contributed by atoms with Crippen LogP contribution in [0.15, 0.2) is 34.5 Å². The monoisotopic (exact) mass is 434 g/mol. The lowest BCUT2D eigenvalue weighted by atomic mass is 9.88. The number of fused-ring (bicyclic) bond motifs is 1. The number of thiophene rings is 1. The number of amides is 1. The van der Waals surface area contributed by atoms with E-state index in [0.717, 1.165) is 24.8 Å². The van der Waals surface area contributed by atoms with Crippen LogP contribution in [0.2, 0.25) is 0 Å². The van der Waals surface area contributed by atoms with Crippen molar-refractivity contribution < 1.29 is 17.9 Å². The van der Waals surface area contributed by atoms with E-state index in [1.807, 2.05) is 5.38 Å². The molecule has 1 aliphatic carbocycles. The van der Waals surface area contributed by atoms with Crippen LogP contribution in [0.5, 0.6) is 5.75 Å². The molecule has 1 fully saturated rings. The van der Waals surface area contributed by atoms with Crippen molar-refractivity contribution in [3.05, 3.63) is 45.6 Å². The highest BCUT2D eigenvalue weighted by atomic mass is 32.2. The first-order valence-corrected chi connectivity index (χ1v) is 12.2. The fourth-order valence-electron chi connectivity index (χ4n) is 4.06. The number of nitrogens with zero attached hydrogens (tertiary/aromatic N) is 2. The van der Waals surface area contributed by atoms with Crippen LogP contribution in [0.4, 0.5) is 0 Å². The molecule has 1 aliphatic heterocycles. The van der Waals surface area contributed by atoms with Gasteiger partial charge in [-0.05, 0) is 55.0 Å². The first kappa shape index (κ1) is 20.4. The highest BCUT2D eigenvalue weighted by Gasteiger charge is 2.32. The minimum absolute atomic E-state index is 0.0403. The van der Waals surface area contributed by atoms with Crippen LogP contribution >= 0.6 is 11.3 Å². The van der Waals surface area contributed by atoms with Crippen LogP contribution in [0, 0.1) is 5.92 Å². The fourth-order valence-corrected chi connectivity index (χ4v) is 6.72. The number of ether oxygens (including phenoxy) is 1. The topological polar surface area (TPSA) is 66.9 Å². The third-order valence-corrected chi connectivity index (χ3v) is 8.82. The smallest absolute Gasteiger partial charge is 0.255 e. The van der Waals surface area contributed by atoms with Gasteiger partial charge in [-0.3, -0.25) is 4.79 Å². The van der Waals surface area contributed by atoms with Gasteiger partial charge in [-0.25, -0.2) is 8.42 Å². The predicted octanol–water partition coefficient (Wildman–Crippen LogP) is 3.03. The molecule has 2 heterocycles. The number of sulfonamides is 1. The highest BCUT2D eigenvalue weighted by molar-refractivity contribution is 7.89. The Balaban J connectivity index is 1.43. The minimum Gasteiger partial charge on any atom is -0.497 e. The van der Waals surface area contributed by atoms with Gasteiger partial charge in [0.1, 0.15) is 5.75 Å². The molecule has 156 valence electrons. The van der Waals surface area contributed by atoms with Gasteiger partial charge in [-0.2, -0.15) is 4.31 Å². The summed E-state index contributed by atoms with van der Waals surface area (Å²) in [6.45, 7) is 3.70. The maximum atomic E-state index is 13.1. The quantitative estimate of drug-likeness (QED) is 0.742. The summed E-state index contributed by atoms with van der Waals surface area (Å²) in [5.41, 5.74) is 2.04. The zero-order valence-corrected chi connectivity index (χ0v) is 18.4. The fraction of sp³-hybridized carbons (Fsp3) is 0.476. The first-order chi connectivity index (χ1) is 13.9. The van der Waals surface area contributed by atoms with Crippen molar-refractivity contribution in [2.75, 3.05) is 33.3 Å². The van der Waals surface area contributed by atoms with Gasteiger partial charge in [0.2, 0.25) is 10.0 Å². The van der Waals surface area contributed by atoms with Gasteiger partial charge < -0.3 is 9.64 Å². The third-order valence-electron chi connectivity index (χ3n) is 5.86.